The molecule has 3 heterocycles. The van der Waals surface area contributed by atoms with E-state index in [4.69, 9.17) is 9.47 Å². The predicted octanol–water partition coefficient (Wildman–Crippen LogP) is 2.07. The van der Waals surface area contributed by atoms with Crippen LogP contribution in [0, 0.1) is 11.8 Å². The number of carbonyl (C=O) groups is 3. The number of fused-ring (bicyclic) bond motifs is 1. The molecule has 0 saturated carbocycles. The highest BCUT2D eigenvalue weighted by Gasteiger charge is 2.75. The van der Waals surface area contributed by atoms with E-state index in [9.17, 15) is 19.5 Å². The Balaban J connectivity index is 1.94. The van der Waals surface area contributed by atoms with E-state index in [1.807, 2.05) is 0 Å². The molecule has 2 amide bonds. The van der Waals surface area contributed by atoms with Crippen LogP contribution in [0.4, 0.5) is 0 Å². The van der Waals surface area contributed by atoms with E-state index in [0.717, 1.165) is 19.3 Å². The Bertz CT molecular complexity index is 770. The molecule has 0 aromatic heterocycles. The minimum atomic E-state index is -1.07. The Morgan fingerprint density at radius 2 is 2.12 bits per heavy atom. The van der Waals surface area contributed by atoms with Crippen LogP contribution in [-0.2, 0) is 23.9 Å². The van der Waals surface area contributed by atoms with Gasteiger partial charge in [0.15, 0.2) is 0 Å². The van der Waals surface area contributed by atoms with E-state index in [-0.39, 0.29) is 25.0 Å². The molecule has 1 spiro atoms. The van der Waals surface area contributed by atoms with Gasteiger partial charge in [-0.15, -0.1) is 13.2 Å². The summed E-state index contributed by atoms with van der Waals surface area (Å²) in [6.45, 7) is 12.1. The smallest absolute Gasteiger partial charge is 0.312 e. The molecule has 6 atom stereocenters. The van der Waals surface area contributed by atoms with Gasteiger partial charge in [-0.1, -0.05) is 31.9 Å². The molecule has 0 aromatic carbocycles. The van der Waals surface area contributed by atoms with Gasteiger partial charge in [0.25, 0.3) is 0 Å². The largest absolute Gasteiger partial charge is 0.465 e. The van der Waals surface area contributed by atoms with Crippen LogP contribution in [0.15, 0.2) is 25.3 Å². The van der Waals surface area contributed by atoms with Gasteiger partial charge in [-0.2, -0.15) is 0 Å². The predicted molar refractivity (Wildman–Crippen MR) is 123 cm³/mol. The van der Waals surface area contributed by atoms with Crippen LogP contribution in [-0.4, -0.2) is 82.8 Å². The fourth-order valence-electron chi connectivity index (χ4n) is 5.71. The van der Waals surface area contributed by atoms with Gasteiger partial charge in [0, 0.05) is 13.1 Å². The zero-order chi connectivity index (χ0) is 24.2. The van der Waals surface area contributed by atoms with E-state index in [1.165, 1.54) is 4.90 Å². The molecule has 3 aliphatic heterocycles. The molecule has 8 nitrogen and oxygen atoms in total. The molecule has 33 heavy (non-hydrogen) atoms. The molecule has 0 radical (unpaired) electrons. The standard InChI is InChI=1S/C25H38N2O6/c1-5-8-10-14-26(13-7-3)23(30)21-25-12-11-18(33-25)19(24(31)32-15-9-6-2)20(25)22(29)27(21)17(4)16-28/h6-7,17-21,28H,2-3,5,8-16H2,1,4H3/t17-,18+,19-,20+,21?,25?/m1/s1. The second-order valence-corrected chi connectivity index (χ2v) is 9.36. The first kappa shape index (κ1) is 25.4. The molecule has 8 heteroatoms. The lowest BCUT2D eigenvalue weighted by Crippen LogP contribution is -2.58. The highest BCUT2D eigenvalue weighted by molar-refractivity contribution is 5.98. The highest BCUT2D eigenvalue weighted by Crippen LogP contribution is 2.59. The first-order chi connectivity index (χ1) is 15.9. The van der Waals surface area contributed by atoms with Gasteiger partial charge in [0.1, 0.15) is 11.6 Å². The molecule has 1 N–H and O–H groups in total. The summed E-state index contributed by atoms with van der Waals surface area (Å²) in [4.78, 5) is 43.8. The maximum Gasteiger partial charge on any atom is 0.312 e. The lowest BCUT2D eigenvalue weighted by atomic mass is 9.70. The maximum atomic E-state index is 13.9. The number of amides is 2. The molecule has 0 aliphatic carbocycles. The van der Waals surface area contributed by atoms with Crippen LogP contribution >= 0.6 is 0 Å². The quantitative estimate of drug-likeness (QED) is 0.256. The fraction of sp³-hybridized carbons (Fsp3) is 0.720. The molecule has 0 aromatic rings. The third kappa shape index (κ3) is 4.47. The average Bonchev–Trinajstić information content (AvgIpc) is 3.45. The summed E-state index contributed by atoms with van der Waals surface area (Å²) in [6.07, 6.45) is 7.41. The van der Waals surface area contributed by atoms with Crippen LogP contribution in [0.5, 0.6) is 0 Å². The number of carbonyl (C=O) groups excluding carboxylic acids is 3. The summed E-state index contributed by atoms with van der Waals surface area (Å²) in [5.74, 6) is -2.50. The third-order valence-electron chi connectivity index (χ3n) is 7.24. The zero-order valence-electron chi connectivity index (χ0n) is 19.9. The number of ether oxygens (including phenoxy) is 2. The molecule has 3 saturated heterocycles. The van der Waals surface area contributed by atoms with Crippen molar-refractivity contribution in [1.29, 1.82) is 0 Å². The number of rotatable bonds is 13. The minimum absolute atomic E-state index is 0.198. The molecule has 3 aliphatic rings. The number of aliphatic hydroxyl groups is 1. The summed E-state index contributed by atoms with van der Waals surface area (Å²) < 4.78 is 11.8. The summed E-state index contributed by atoms with van der Waals surface area (Å²) in [6, 6.07) is -1.46. The molecular formula is C25H38N2O6. The van der Waals surface area contributed by atoms with Gasteiger partial charge in [-0.3, -0.25) is 14.4 Å². The van der Waals surface area contributed by atoms with E-state index >= 15 is 0 Å². The number of hydrogen-bond acceptors (Lipinski definition) is 6. The lowest BCUT2D eigenvalue weighted by molar-refractivity contribution is -0.156. The van der Waals surface area contributed by atoms with E-state index in [2.05, 4.69) is 20.1 Å². The van der Waals surface area contributed by atoms with E-state index in [0.29, 0.717) is 32.4 Å². The molecule has 184 valence electrons. The van der Waals surface area contributed by atoms with Crippen LogP contribution in [0.2, 0.25) is 0 Å². The summed E-state index contributed by atoms with van der Waals surface area (Å²) in [7, 11) is 0. The fourth-order valence-corrected chi connectivity index (χ4v) is 5.71. The second kappa shape index (κ2) is 10.8. The number of hydrogen-bond donors (Lipinski definition) is 1. The van der Waals surface area contributed by atoms with Crippen LogP contribution in [0.3, 0.4) is 0 Å². The topological polar surface area (TPSA) is 96.4 Å². The summed E-state index contributed by atoms with van der Waals surface area (Å²) >= 11 is 0. The van der Waals surface area contributed by atoms with Crippen molar-refractivity contribution in [3.8, 4) is 0 Å². The average molecular weight is 463 g/mol. The van der Waals surface area contributed by atoms with Crippen molar-refractivity contribution in [2.24, 2.45) is 11.8 Å². The molecule has 3 fully saturated rings. The van der Waals surface area contributed by atoms with Crippen molar-refractivity contribution in [3.63, 3.8) is 0 Å². The Morgan fingerprint density at radius 3 is 2.76 bits per heavy atom. The van der Waals surface area contributed by atoms with Crippen molar-refractivity contribution in [2.75, 3.05) is 26.3 Å². The Kier molecular flexibility index (Phi) is 8.34. The van der Waals surface area contributed by atoms with Gasteiger partial charge < -0.3 is 24.4 Å². The number of esters is 1. The second-order valence-electron chi connectivity index (χ2n) is 9.36. The minimum Gasteiger partial charge on any atom is -0.465 e. The summed E-state index contributed by atoms with van der Waals surface area (Å²) in [5.41, 5.74) is -1.07. The number of unbranched alkanes of at least 4 members (excludes halogenated alkanes) is 2. The lowest BCUT2D eigenvalue weighted by Gasteiger charge is -2.38. The van der Waals surface area contributed by atoms with E-state index < -0.39 is 41.6 Å². The number of aliphatic hydroxyl groups excluding tert-OH is 1. The van der Waals surface area contributed by atoms with Gasteiger partial charge in [0.05, 0.1) is 37.2 Å². The van der Waals surface area contributed by atoms with Crippen molar-refractivity contribution in [3.05, 3.63) is 25.3 Å². The SMILES string of the molecule is C=CCCOC(=O)[C@@H]1[C@@H]2CCC3(O2)C(C(=O)N(CC=C)CCCCC)N([C@H](C)CO)C(=O)[C@H]13. The van der Waals surface area contributed by atoms with Gasteiger partial charge in [0.2, 0.25) is 11.8 Å². The summed E-state index contributed by atoms with van der Waals surface area (Å²) in [5, 5.41) is 9.90. The normalized spacial score (nSPS) is 30.8. The number of likely N-dealkylation sites (tertiary alicyclic amines) is 1. The van der Waals surface area contributed by atoms with Crippen molar-refractivity contribution in [1.82, 2.24) is 9.80 Å². The van der Waals surface area contributed by atoms with Gasteiger partial charge >= 0.3 is 5.97 Å². The Hall–Kier alpha value is -2.19. The zero-order valence-corrected chi connectivity index (χ0v) is 19.9. The Labute approximate surface area is 196 Å². The van der Waals surface area contributed by atoms with Crippen molar-refractivity contribution >= 4 is 17.8 Å². The van der Waals surface area contributed by atoms with Crippen molar-refractivity contribution in [2.45, 2.75) is 76.2 Å². The molecule has 2 bridgehead atoms. The molecule has 3 rings (SSSR count). The monoisotopic (exact) mass is 462 g/mol. The van der Waals surface area contributed by atoms with Gasteiger partial charge in [-0.25, -0.2) is 0 Å². The first-order valence-electron chi connectivity index (χ1n) is 12.2. The van der Waals surface area contributed by atoms with Crippen molar-refractivity contribution < 1.29 is 29.0 Å². The molecule has 2 unspecified atom stereocenters. The van der Waals surface area contributed by atoms with Crippen LogP contribution in [0.1, 0.15) is 52.4 Å². The highest BCUT2D eigenvalue weighted by atomic mass is 16.6. The maximum absolute atomic E-state index is 13.9. The third-order valence-corrected chi connectivity index (χ3v) is 7.24. The van der Waals surface area contributed by atoms with Gasteiger partial charge in [-0.05, 0) is 32.6 Å². The first-order valence-corrected chi connectivity index (χ1v) is 12.2. The molecular weight excluding hydrogens is 424 g/mol. The van der Waals surface area contributed by atoms with Crippen LogP contribution < -0.4 is 0 Å². The van der Waals surface area contributed by atoms with E-state index in [1.54, 1.807) is 24.0 Å². The Morgan fingerprint density at radius 1 is 1.36 bits per heavy atom. The number of nitrogens with zero attached hydrogens (tertiary/aromatic N) is 2. The van der Waals surface area contributed by atoms with Crippen LogP contribution in [0.25, 0.3) is 0 Å².